The lowest BCUT2D eigenvalue weighted by molar-refractivity contribution is -0.884. The van der Waals surface area contributed by atoms with Gasteiger partial charge in [-0.25, -0.2) is 4.79 Å². The molecule has 0 aromatic heterocycles. The summed E-state index contributed by atoms with van der Waals surface area (Å²) >= 11 is 0. The first-order valence-electron chi connectivity index (χ1n) is 7.64. The zero-order valence-corrected chi connectivity index (χ0v) is 16.5. The second-order valence-corrected chi connectivity index (χ2v) is 6.90. The van der Waals surface area contributed by atoms with Crippen molar-refractivity contribution in [3.8, 4) is 16.9 Å². The second kappa shape index (κ2) is 8.31. The van der Waals surface area contributed by atoms with E-state index in [9.17, 15) is 4.79 Å². The van der Waals surface area contributed by atoms with Gasteiger partial charge in [-0.15, -0.1) is 0 Å². The topological polar surface area (TPSA) is 29.5 Å². The molecule has 0 heterocycles. The Hall–Kier alpha value is -1.85. The molecule has 5 heteroatoms. The predicted octanol–water partition coefficient (Wildman–Crippen LogP) is 0.624. The van der Waals surface area contributed by atoms with Crippen molar-refractivity contribution in [3.05, 3.63) is 54.1 Å². The van der Waals surface area contributed by atoms with Crippen LogP contribution in [0.1, 0.15) is 5.56 Å². The third kappa shape index (κ3) is 5.65. The molecule has 2 aromatic carbocycles. The average molecular weight is 393 g/mol. The first-order valence-corrected chi connectivity index (χ1v) is 7.64. The Kier molecular flexibility index (Phi) is 6.99. The molecule has 2 aromatic rings. The van der Waals surface area contributed by atoms with E-state index in [4.69, 9.17) is 4.74 Å². The molecule has 4 nitrogen and oxygen atoms in total. The first-order chi connectivity index (χ1) is 10.8. The summed E-state index contributed by atoms with van der Waals surface area (Å²) in [5, 5.41) is 0. The van der Waals surface area contributed by atoms with E-state index >= 15 is 0 Å². The van der Waals surface area contributed by atoms with Crippen molar-refractivity contribution in [3.63, 3.8) is 0 Å². The zero-order valence-electron chi connectivity index (χ0n) is 14.9. The van der Waals surface area contributed by atoms with E-state index in [0.717, 1.165) is 27.7 Å². The van der Waals surface area contributed by atoms with Gasteiger partial charge >= 0.3 is 6.09 Å². The van der Waals surface area contributed by atoms with Crippen LogP contribution in [0.3, 0.4) is 0 Å². The van der Waals surface area contributed by atoms with Crippen LogP contribution >= 0.6 is 0 Å². The van der Waals surface area contributed by atoms with E-state index in [1.165, 1.54) is 4.90 Å². The number of benzene rings is 2. The third-order valence-electron chi connectivity index (χ3n) is 3.37. The Morgan fingerprint density at radius 3 is 2.17 bits per heavy atom. The lowest BCUT2D eigenvalue weighted by Crippen LogP contribution is -3.00. The van der Waals surface area contributed by atoms with E-state index < -0.39 is 0 Å². The highest BCUT2D eigenvalue weighted by Crippen LogP contribution is 2.28. The Labute approximate surface area is 155 Å². The van der Waals surface area contributed by atoms with E-state index in [-0.39, 0.29) is 23.1 Å². The first kappa shape index (κ1) is 20.2. The Morgan fingerprint density at radius 1 is 1.00 bits per heavy atom. The largest absolute Gasteiger partial charge is 1.00 e. The van der Waals surface area contributed by atoms with E-state index in [2.05, 4.69) is 39.3 Å². The van der Waals surface area contributed by atoms with Crippen LogP contribution in [0.4, 0.5) is 4.79 Å². The number of quaternary nitrogens is 1. The third-order valence-corrected chi connectivity index (χ3v) is 3.37. The average Bonchev–Trinajstić information content (AvgIpc) is 2.48. The molecule has 0 spiro atoms. The highest BCUT2D eigenvalue weighted by atomic mass is 79.9. The maximum atomic E-state index is 11.9. The van der Waals surface area contributed by atoms with Gasteiger partial charge in [-0.1, -0.05) is 36.4 Å². The fourth-order valence-corrected chi connectivity index (χ4v) is 2.31. The van der Waals surface area contributed by atoms with Gasteiger partial charge in [-0.2, -0.15) is 0 Å². The molecule has 0 N–H and O–H groups in total. The molecule has 0 aliphatic rings. The highest BCUT2D eigenvalue weighted by Gasteiger charge is 2.17. The molecule has 0 radical (unpaired) electrons. The summed E-state index contributed by atoms with van der Waals surface area (Å²) in [6.45, 7) is 0.775. The second-order valence-electron chi connectivity index (χ2n) is 6.90. The summed E-state index contributed by atoms with van der Waals surface area (Å²) in [5.41, 5.74) is 3.30. The number of nitrogens with zero attached hydrogens (tertiary/aromatic N) is 2. The van der Waals surface area contributed by atoms with Crippen LogP contribution in [0.15, 0.2) is 48.5 Å². The van der Waals surface area contributed by atoms with Crippen molar-refractivity contribution in [2.45, 2.75) is 6.54 Å². The molecule has 24 heavy (non-hydrogen) atoms. The standard InChI is InChI=1S/C19H25N2O2.BrH/c1-20(2)19(22)23-18-12-11-16(15-9-7-6-8-10-15)13-17(18)14-21(3,4)5;/h6-13H,14H2,1-5H3;1H/q+1;/p-1. The normalized spacial score (nSPS) is 10.7. The number of amides is 1. The van der Waals surface area contributed by atoms with Gasteiger partial charge < -0.3 is 31.1 Å². The van der Waals surface area contributed by atoms with Crippen LogP contribution in [0.25, 0.3) is 11.1 Å². The molecule has 0 aliphatic heterocycles. The Bertz CT molecular complexity index is 680. The summed E-state index contributed by atoms with van der Waals surface area (Å²) < 4.78 is 6.28. The van der Waals surface area contributed by atoms with E-state index in [1.807, 2.05) is 30.3 Å². The fourth-order valence-electron chi connectivity index (χ4n) is 2.31. The molecule has 0 aliphatic carbocycles. The minimum Gasteiger partial charge on any atom is -1.00 e. The van der Waals surface area contributed by atoms with Gasteiger partial charge in [0.05, 0.1) is 21.1 Å². The number of carbonyl (C=O) groups excluding carboxylic acids is 1. The van der Waals surface area contributed by atoms with Crippen molar-refractivity contribution in [1.29, 1.82) is 0 Å². The van der Waals surface area contributed by atoms with Gasteiger partial charge in [-0.05, 0) is 23.3 Å². The molecule has 1 amide bonds. The van der Waals surface area contributed by atoms with Crippen LogP contribution in [0, 0.1) is 0 Å². The maximum Gasteiger partial charge on any atom is 0.414 e. The number of rotatable bonds is 4. The maximum absolute atomic E-state index is 11.9. The molecule has 0 bridgehead atoms. The highest BCUT2D eigenvalue weighted by molar-refractivity contribution is 5.72. The van der Waals surface area contributed by atoms with E-state index in [1.54, 1.807) is 14.1 Å². The Morgan fingerprint density at radius 2 is 1.62 bits per heavy atom. The van der Waals surface area contributed by atoms with Crippen LogP contribution in [0.2, 0.25) is 0 Å². The van der Waals surface area contributed by atoms with Crippen molar-refractivity contribution >= 4 is 6.09 Å². The molecule has 0 saturated carbocycles. The van der Waals surface area contributed by atoms with Crippen LogP contribution in [-0.4, -0.2) is 50.7 Å². The summed E-state index contributed by atoms with van der Waals surface area (Å²) in [7, 11) is 9.71. The molecular weight excluding hydrogens is 368 g/mol. The molecular formula is C19H25BrN2O2. The van der Waals surface area contributed by atoms with Crippen LogP contribution in [0.5, 0.6) is 5.75 Å². The number of carbonyl (C=O) groups is 1. The van der Waals surface area contributed by atoms with Gasteiger partial charge in [0.2, 0.25) is 0 Å². The number of hydrogen-bond acceptors (Lipinski definition) is 2. The van der Waals surface area contributed by atoms with Gasteiger partial charge in [-0.3, -0.25) is 0 Å². The Balaban J connectivity index is 0.00000288. The summed E-state index contributed by atoms with van der Waals surface area (Å²) in [6.07, 6.45) is -0.361. The van der Waals surface area contributed by atoms with Gasteiger partial charge in [0.25, 0.3) is 0 Å². The molecule has 0 fully saturated rings. The minimum absolute atomic E-state index is 0. The number of halogens is 1. The SMILES string of the molecule is CN(C)C(=O)Oc1ccc(-c2ccccc2)cc1C[N+](C)(C)C.[Br-]. The van der Waals surface area contributed by atoms with Gasteiger partial charge in [0, 0.05) is 19.7 Å². The van der Waals surface area contributed by atoms with Crippen molar-refractivity contribution in [2.24, 2.45) is 0 Å². The smallest absolute Gasteiger partial charge is 0.414 e. The molecule has 0 atom stereocenters. The summed E-state index contributed by atoms with van der Waals surface area (Å²) in [5.74, 6) is 0.622. The lowest BCUT2D eigenvalue weighted by atomic mass is 10.0. The van der Waals surface area contributed by atoms with Gasteiger partial charge in [0.15, 0.2) is 0 Å². The van der Waals surface area contributed by atoms with E-state index in [0.29, 0.717) is 5.75 Å². The van der Waals surface area contributed by atoms with Crippen molar-refractivity contribution < 1.29 is 31.0 Å². The van der Waals surface area contributed by atoms with Crippen molar-refractivity contribution in [1.82, 2.24) is 4.90 Å². The quantitative estimate of drug-likeness (QED) is 0.714. The predicted molar refractivity (Wildman–Crippen MR) is 93.3 cm³/mol. The number of ether oxygens (including phenoxy) is 1. The summed E-state index contributed by atoms with van der Waals surface area (Å²) in [6, 6.07) is 16.2. The van der Waals surface area contributed by atoms with Crippen LogP contribution < -0.4 is 21.7 Å². The molecule has 0 saturated heterocycles. The minimum atomic E-state index is -0.361. The lowest BCUT2D eigenvalue weighted by Gasteiger charge is -2.25. The van der Waals surface area contributed by atoms with Gasteiger partial charge in [0.1, 0.15) is 12.3 Å². The van der Waals surface area contributed by atoms with Crippen LogP contribution in [-0.2, 0) is 6.54 Å². The number of hydrogen-bond donors (Lipinski definition) is 0. The van der Waals surface area contributed by atoms with Crippen molar-refractivity contribution in [2.75, 3.05) is 35.2 Å². The fraction of sp³-hybridized carbons (Fsp3) is 0.316. The molecule has 2 rings (SSSR count). The summed E-state index contributed by atoms with van der Waals surface area (Å²) in [4.78, 5) is 13.3. The molecule has 0 unspecified atom stereocenters. The zero-order chi connectivity index (χ0) is 17.0. The molecule has 130 valence electrons. The monoisotopic (exact) mass is 392 g/mol.